The Kier molecular flexibility index (Phi) is 10.7. The fourth-order valence-electron chi connectivity index (χ4n) is 6.23. The first-order valence-corrected chi connectivity index (χ1v) is 17.0. The van der Waals surface area contributed by atoms with Gasteiger partial charge in [-0.2, -0.15) is 0 Å². The Balaban J connectivity index is 1.10. The third-order valence-electron chi connectivity index (χ3n) is 9.27. The average Bonchev–Trinajstić information content (AvgIpc) is 3.87. The Hall–Kier alpha value is -4.44. The van der Waals surface area contributed by atoms with Crippen molar-refractivity contribution in [2.45, 2.75) is 64.2 Å². The fourth-order valence-corrected chi connectivity index (χ4v) is 6.23. The van der Waals surface area contributed by atoms with Crippen LogP contribution >= 0.6 is 0 Å². The Morgan fingerprint density at radius 2 is 1.77 bits per heavy atom. The number of nitrogens with one attached hydrogen (secondary N) is 3. The molecule has 1 aromatic heterocycles. The molecule has 1 aliphatic carbocycles. The summed E-state index contributed by atoms with van der Waals surface area (Å²) >= 11 is 0. The molecule has 3 amide bonds. The zero-order valence-electron chi connectivity index (χ0n) is 27.2. The Labute approximate surface area is 276 Å². The fraction of sp³-hybridized carbons (Fsp3) is 0.459. The lowest BCUT2D eigenvalue weighted by Crippen LogP contribution is -2.36. The van der Waals surface area contributed by atoms with E-state index in [1.54, 1.807) is 12.1 Å². The van der Waals surface area contributed by atoms with Crippen molar-refractivity contribution < 1.29 is 23.5 Å². The second-order valence-corrected chi connectivity index (χ2v) is 12.8. The minimum atomic E-state index is -0.368. The zero-order chi connectivity index (χ0) is 32.6. The third-order valence-corrected chi connectivity index (χ3v) is 9.27. The number of amides is 3. The number of nitrogens with zero attached hydrogens (tertiary/aromatic N) is 2. The molecule has 2 aromatic carbocycles. The number of carbonyl (C=O) groups is 3. The molecule has 0 radical (unpaired) electrons. The molecule has 2 fully saturated rings. The molecule has 3 aliphatic rings. The van der Waals surface area contributed by atoms with Gasteiger partial charge in [-0.1, -0.05) is 35.9 Å². The summed E-state index contributed by atoms with van der Waals surface area (Å²) < 4.78 is 10.9. The molecule has 0 atom stereocenters. The molecule has 0 spiro atoms. The second kappa shape index (κ2) is 15.4. The topological polar surface area (TPSA) is 126 Å². The lowest BCUT2D eigenvalue weighted by atomic mass is 9.98. The van der Waals surface area contributed by atoms with Crippen molar-refractivity contribution in [1.29, 1.82) is 0 Å². The molecule has 3 aromatic rings. The minimum absolute atomic E-state index is 0.00246. The zero-order valence-corrected chi connectivity index (χ0v) is 27.2. The van der Waals surface area contributed by atoms with Gasteiger partial charge in [0.1, 0.15) is 6.26 Å². The molecule has 1 saturated carbocycles. The molecule has 1 saturated heterocycles. The molecule has 0 unspecified atom stereocenters. The maximum atomic E-state index is 13.4. The van der Waals surface area contributed by atoms with Gasteiger partial charge in [-0.15, -0.1) is 0 Å². The van der Waals surface area contributed by atoms with Crippen LogP contribution in [-0.4, -0.2) is 62.1 Å². The molecule has 10 heteroatoms. The van der Waals surface area contributed by atoms with Crippen molar-refractivity contribution in [3.05, 3.63) is 88.7 Å². The van der Waals surface area contributed by atoms with Crippen LogP contribution < -0.4 is 20.9 Å². The third kappa shape index (κ3) is 8.68. The average molecular weight is 640 g/mol. The Bertz CT molecular complexity index is 1600. The summed E-state index contributed by atoms with van der Waals surface area (Å²) in [6.07, 6.45) is 10.6. The van der Waals surface area contributed by atoms with Gasteiger partial charge in [0.2, 0.25) is 5.91 Å². The summed E-state index contributed by atoms with van der Waals surface area (Å²) in [5, 5.41) is 8.97. The normalized spacial score (nSPS) is 17.0. The van der Waals surface area contributed by atoms with Gasteiger partial charge in [-0.05, 0) is 87.6 Å². The number of carbonyl (C=O) groups excluding carboxylic acids is 3. The van der Waals surface area contributed by atoms with Crippen LogP contribution in [0.4, 0.5) is 11.4 Å². The van der Waals surface area contributed by atoms with E-state index < -0.39 is 0 Å². The Morgan fingerprint density at radius 3 is 2.57 bits per heavy atom. The van der Waals surface area contributed by atoms with Crippen molar-refractivity contribution >= 4 is 29.1 Å². The van der Waals surface area contributed by atoms with Crippen LogP contribution in [0.3, 0.4) is 0 Å². The van der Waals surface area contributed by atoms with E-state index in [-0.39, 0.29) is 29.3 Å². The maximum Gasteiger partial charge on any atom is 0.277 e. The summed E-state index contributed by atoms with van der Waals surface area (Å²) in [6, 6.07) is 14.0. The molecular weight excluding hydrogens is 594 g/mol. The van der Waals surface area contributed by atoms with Gasteiger partial charge in [-0.25, -0.2) is 4.98 Å². The largest absolute Gasteiger partial charge is 0.448 e. The highest BCUT2D eigenvalue weighted by molar-refractivity contribution is 6.06. The number of anilines is 2. The van der Waals surface area contributed by atoms with E-state index >= 15 is 0 Å². The lowest BCUT2D eigenvalue weighted by Gasteiger charge is -2.26. The van der Waals surface area contributed by atoms with Crippen molar-refractivity contribution in [2.24, 2.45) is 5.92 Å². The van der Waals surface area contributed by atoms with Gasteiger partial charge in [0.05, 0.1) is 11.4 Å². The van der Waals surface area contributed by atoms with Crippen LogP contribution in [-0.2, 0) is 16.0 Å². The van der Waals surface area contributed by atoms with Crippen LogP contribution in [0.25, 0.3) is 0 Å². The predicted molar refractivity (Wildman–Crippen MR) is 181 cm³/mol. The van der Waals surface area contributed by atoms with E-state index in [4.69, 9.17) is 9.15 Å². The SMILES string of the molecule is Cc1ccccc1CC1=CCCN(c2ccc(C(=O)NCCCNC(=O)C3CCOCC3)cc2NC(=O)c2coc(C3CC3)n2)CC1. The quantitative estimate of drug-likeness (QED) is 0.175. The molecule has 0 bridgehead atoms. The van der Waals surface area contributed by atoms with Crippen LogP contribution in [0.1, 0.15) is 88.7 Å². The van der Waals surface area contributed by atoms with Crippen LogP contribution in [0.15, 0.2) is 64.8 Å². The molecule has 6 rings (SSSR count). The van der Waals surface area contributed by atoms with E-state index in [9.17, 15) is 14.4 Å². The maximum absolute atomic E-state index is 13.4. The molecule has 248 valence electrons. The van der Waals surface area contributed by atoms with E-state index in [1.807, 2.05) is 6.07 Å². The summed E-state index contributed by atoms with van der Waals surface area (Å²) in [4.78, 5) is 45.6. The monoisotopic (exact) mass is 639 g/mol. The standard InChI is InChI=1S/C37H45N5O5/c1-25-6-2-3-8-29(25)22-26-7-4-18-42(19-13-26)33-12-11-30(23-31(33)40-36(45)32-24-47-37(41-32)28-9-10-28)35(44)39-17-5-16-38-34(43)27-14-20-46-21-15-27/h2-3,6-8,11-12,23-24,27-28H,4-5,9-10,13-22H2,1H3,(H,38,43)(H,39,44)(H,40,45). The molecule has 10 nitrogen and oxygen atoms in total. The second-order valence-electron chi connectivity index (χ2n) is 12.8. The van der Waals surface area contributed by atoms with E-state index in [1.165, 1.54) is 23.0 Å². The van der Waals surface area contributed by atoms with E-state index in [0.717, 1.165) is 63.7 Å². The number of rotatable bonds is 12. The highest BCUT2D eigenvalue weighted by atomic mass is 16.5. The van der Waals surface area contributed by atoms with E-state index in [2.05, 4.69) is 63.1 Å². The number of benzene rings is 2. The highest BCUT2D eigenvalue weighted by Gasteiger charge is 2.30. The summed E-state index contributed by atoms with van der Waals surface area (Å²) in [5.41, 5.74) is 6.14. The number of oxazole rings is 1. The van der Waals surface area contributed by atoms with Gasteiger partial charge < -0.3 is 30.0 Å². The molecule has 3 heterocycles. The predicted octanol–water partition coefficient (Wildman–Crippen LogP) is 5.54. The number of aromatic nitrogens is 1. The van der Waals surface area contributed by atoms with Gasteiger partial charge in [0, 0.05) is 56.8 Å². The first kappa shape index (κ1) is 32.5. The van der Waals surface area contributed by atoms with Crippen molar-refractivity contribution in [3.8, 4) is 0 Å². The molecule has 2 aliphatic heterocycles. The van der Waals surface area contributed by atoms with Crippen LogP contribution in [0.5, 0.6) is 0 Å². The van der Waals surface area contributed by atoms with Crippen molar-refractivity contribution in [3.63, 3.8) is 0 Å². The first-order chi connectivity index (χ1) is 22.9. The van der Waals surface area contributed by atoms with E-state index in [0.29, 0.717) is 55.8 Å². The van der Waals surface area contributed by atoms with Crippen LogP contribution in [0, 0.1) is 12.8 Å². The van der Waals surface area contributed by atoms with Crippen LogP contribution in [0.2, 0.25) is 0 Å². The summed E-state index contributed by atoms with van der Waals surface area (Å²) in [7, 11) is 0. The van der Waals surface area contributed by atoms with Gasteiger partial charge in [0.15, 0.2) is 11.6 Å². The van der Waals surface area contributed by atoms with Crippen molar-refractivity contribution in [1.82, 2.24) is 15.6 Å². The summed E-state index contributed by atoms with van der Waals surface area (Å²) in [6.45, 7) is 5.90. The van der Waals surface area contributed by atoms with Gasteiger partial charge >= 0.3 is 0 Å². The van der Waals surface area contributed by atoms with Gasteiger partial charge in [-0.3, -0.25) is 14.4 Å². The summed E-state index contributed by atoms with van der Waals surface area (Å²) in [5.74, 6) is 0.354. The number of ether oxygens (including phenoxy) is 1. The first-order valence-electron chi connectivity index (χ1n) is 17.0. The van der Waals surface area contributed by atoms with Crippen molar-refractivity contribution in [2.75, 3.05) is 49.6 Å². The lowest BCUT2D eigenvalue weighted by molar-refractivity contribution is -0.127. The molecular formula is C37H45N5O5. The minimum Gasteiger partial charge on any atom is -0.448 e. The number of hydrogen-bond acceptors (Lipinski definition) is 7. The highest BCUT2D eigenvalue weighted by Crippen LogP contribution is 2.39. The number of hydrogen-bond donors (Lipinski definition) is 3. The number of aryl methyl sites for hydroxylation is 1. The molecule has 3 N–H and O–H groups in total. The van der Waals surface area contributed by atoms with Gasteiger partial charge in [0.25, 0.3) is 11.8 Å². The molecule has 47 heavy (non-hydrogen) atoms. The Morgan fingerprint density at radius 1 is 0.957 bits per heavy atom. The smallest absolute Gasteiger partial charge is 0.277 e.